The van der Waals surface area contributed by atoms with Crippen molar-refractivity contribution >= 4 is 0 Å². The van der Waals surface area contributed by atoms with Gasteiger partial charge in [0.1, 0.15) is 5.82 Å². The Morgan fingerprint density at radius 3 is 1.81 bits per heavy atom. The minimum atomic E-state index is -0.734. The molecule has 3 heteroatoms. The van der Waals surface area contributed by atoms with E-state index in [9.17, 15) is 0 Å². The van der Waals surface area contributed by atoms with Crippen molar-refractivity contribution in [3.05, 3.63) is 69.0 Å². The highest BCUT2D eigenvalue weighted by molar-refractivity contribution is 5.50. The van der Waals surface area contributed by atoms with Crippen molar-refractivity contribution in [1.82, 2.24) is 0 Å². The van der Waals surface area contributed by atoms with E-state index in [4.69, 9.17) is 0 Å². The topological polar surface area (TPSA) is 0 Å². The predicted octanol–water partition coefficient (Wildman–Crippen LogP) is 10.2. The van der Waals surface area contributed by atoms with Crippen molar-refractivity contribution in [2.75, 3.05) is 0 Å². The zero-order valence-electron chi connectivity index (χ0n) is 23.0. The van der Waals surface area contributed by atoms with Crippen LogP contribution in [0.5, 0.6) is 0 Å². The lowest BCUT2D eigenvalue weighted by atomic mass is 9.75. The molecule has 3 aliphatic rings. The lowest BCUT2D eigenvalue weighted by molar-refractivity contribution is 0.252. The summed E-state index contributed by atoms with van der Waals surface area (Å²) in [7, 11) is 0. The quantitative estimate of drug-likeness (QED) is 0.283. The molecule has 3 aliphatic carbocycles. The van der Waals surface area contributed by atoms with Gasteiger partial charge in [-0.3, -0.25) is 0 Å². The minimum Gasteiger partial charge on any atom is -0.206 e. The van der Waals surface area contributed by atoms with Crippen LogP contribution in [0.3, 0.4) is 0 Å². The van der Waals surface area contributed by atoms with E-state index in [0.29, 0.717) is 29.0 Å². The molecular formula is C34H45F3. The summed E-state index contributed by atoms with van der Waals surface area (Å²) in [5.41, 5.74) is 4.06. The van der Waals surface area contributed by atoms with E-state index in [-0.39, 0.29) is 18.2 Å². The Morgan fingerprint density at radius 1 is 0.622 bits per heavy atom. The normalized spacial score (nSPS) is 25.5. The maximum Gasteiger partial charge on any atom is 0.162 e. The molecular weight excluding hydrogens is 465 g/mol. The summed E-state index contributed by atoms with van der Waals surface area (Å²) in [5, 5.41) is 0. The van der Waals surface area contributed by atoms with Crippen molar-refractivity contribution in [3.63, 3.8) is 0 Å². The molecule has 0 aliphatic heterocycles. The minimum absolute atomic E-state index is 0.102. The Balaban J connectivity index is 1.28. The van der Waals surface area contributed by atoms with Crippen molar-refractivity contribution in [3.8, 4) is 0 Å². The molecule has 2 fully saturated rings. The molecule has 0 spiro atoms. The molecule has 2 aromatic rings. The summed E-state index contributed by atoms with van der Waals surface area (Å²) < 4.78 is 46.4. The molecule has 2 aromatic carbocycles. The van der Waals surface area contributed by atoms with Gasteiger partial charge in [0, 0.05) is 6.42 Å². The lowest BCUT2D eigenvalue weighted by Crippen LogP contribution is -2.19. The third-order valence-electron chi connectivity index (χ3n) is 10.1. The van der Waals surface area contributed by atoms with Crippen molar-refractivity contribution in [2.24, 2.45) is 17.8 Å². The first-order chi connectivity index (χ1) is 18.0. The third-order valence-corrected chi connectivity index (χ3v) is 10.1. The molecule has 0 aromatic heterocycles. The van der Waals surface area contributed by atoms with Gasteiger partial charge in [-0.1, -0.05) is 83.4 Å². The summed E-state index contributed by atoms with van der Waals surface area (Å²) >= 11 is 0. The van der Waals surface area contributed by atoms with Gasteiger partial charge in [-0.2, -0.15) is 0 Å². The molecule has 0 saturated heterocycles. The monoisotopic (exact) mass is 510 g/mol. The fraction of sp³-hybridized carbons (Fsp3) is 0.647. The van der Waals surface area contributed by atoms with Gasteiger partial charge in [0.25, 0.3) is 0 Å². The lowest BCUT2D eigenvalue weighted by Gasteiger charge is -2.30. The Labute approximate surface area is 222 Å². The van der Waals surface area contributed by atoms with Gasteiger partial charge in [-0.05, 0) is 102 Å². The Kier molecular flexibility index (Phi) is 8.67. The van der Waals surface area contributed by atoms with Crippen LogP contribution in [0.25, 0.3) is 0 Å². The fourth-order valence-electron chi connectivity index (χ4n) is 7.77. The molecule has 5 rings (SSSR count). The maximum absolute atomic E-state index is 15.7. The van der Waals surface area contributed by atoms with Crippen LogP contribution in [0.15, 0.2) is 18.2 Å². The summed E-state index contributed by atoms with van der Waals surface area (Å²) in [6.45, 7) is 4.48. The first kappa shape index (κ1) is 26.8. The third kappa shape index (κ3) is 5.81. The number of fused-ring (bicyclic) bond motifs is 2. The zero-order valence-corrected chi connectivity index (χ0v) is 23.0. The molecule has 0 atom stereocenters. The number of benzene rings is 2. The zero-order chi connectivity index (χ0) is 25.9. The second-order valence-electron chi connectivity index (χ2n) is 12.5. The highest BCUT2D eigenvalue weighted by Crippen LogP contribution is 2.42. The predicted molar refractivity (Wildman–Crippen MR) is 147 cm³/mol. The molecule has 202 valence electrons. The number of rotatable bonds is 8. The first-order valence-corrected chi connectivity index (χ1v) is 15.3. The van der Waals surface area contributed by atoms with E-state index < -0.39 is 11.6 Å². The van der Waals surface area contributed by atoms with Crippen molar-refractivity contribution in [1.29, 1.82) is 0 Å². The van der Waals surface area contributed by atoms with Gasteiger partial charge in [0.05, 0.1) is 0 Å². The van der Waals surface area contributed by atoms with Gasteiger partial charge in [0.15, 0.2) is 11.6 Å². The first-order valence-electron chi connectivity index (χ1n) is 15.3. The van der Waals surface area contributed by atoms with E-state index in [0.717, 1.165) is 67.1 Å². The molecule has 0 nitrogen and oxygen atoms in total. The number of hydrogen-bond acceptors (Lipinski definition) is 0. The van der Waals surface area contributed by atoms with Gasteiger partial charge in [-0.15, -0.1) is 0 Å². The molecule has 37 heavy (non-hydrogen) atoms. The Bertz CT molecular complexity index is 1070. The average Bonchev–Trinajstić information content (AvgIpc) is 2.91. The maximum atomic E-state index is 15.7. The standard InChI is InChI=1S/C34H45F3/c1-3-5-22-7-9-24(10-8-22)13-16-26-17-18-27-19-28-20-29(25-14-11-23(6-4-2)12-15-25)33(36)34(37)31(28)21-30(27)32(26)35/h17-18,20,22-25H,3-16,19,21H2,1-2H3. The van der Waals surface area contributed by atoms with E-state index in [2.05, 4.69) is 13.8 Å². The van der Waals surface area contributed by atoms with E-state index >= 15 is 13.2 Å². The highest BCUT2D eigenvalue weighted by Gasteiger charge is 2.30. The van der Waals surface area contributed by atoms with Gasteiger partial charge < -0.3 is 0 Å². The van der Waals surface area contributed by atoms with E-state index in [1.54, 1.807) is 0 Å². The molecule has 0 bridgehead atoms. The Morgan fingerprint density at radius 2 is 1.19 bits per heavy atom. The summed E-state index contributed by atoms with van der Waals surface area (Å²) in [4.78, 5) is 0. The highest BCUT2D eigenvalue weighted by atomic mass is 19.2. The fourth-order valence-corrected chi connectivity index (χ4v) is 7.77. The molecule has 0 radical (unpaired) electrons. The van der Waals surface area contributed by atoms with Gasteiger partial charge in [-0.25, -0.2) is 13.2 Å². The number of aryl methyl sites for hydroxylation is 1. The molecule has 0 amide bonds. The van der Waals surface area contributed by atoms with Crippen LogP contribution in [0.1, 0.15) is 137 Å². The van der Waals surface area contributed by atoms with Gasteiger partial charge in [0.2, 0.25) is 0 Å². The molecule has 0 heterocycles. The molecule has 0 N–H and O–H groups in total. The van der Waals surface area contributed by atoms with Crippen LogP contribution in [-0.2, 0) is 19.3 Å². The van der Waals surface area contributed by atoms with Crippen molar-refractivity contribution in [2.45, 2.75) is 122 Å². The second-order valence-corrected chi connectivity index (χ2v) is 12.5. The van der Waals surface area contributed by atoms with Crippen LogP contribution < -0.4 is 0 Å². The van der Waals surface area contributed by atoms with Crippen LogP contribution >= 0.6 is 0 Å². The largest absolute Gasteiger partial charge is 0.206 e. The number of hydrogen-bond donors (Lipinski definition) is 0. The smallest absolute Gasteiger partial charge is 0.162 e. The molecule has 2 saturated carbocycles. The van der Waals surface area contributed by atoms with Crippen LogP contribution in [0.2, 0.25) is 0 Å². The number of halogens is 3. The second kappa shape index (κ2) is 12.0. The Hall–Kier alpha value is -1.77. The van der Waals surface area contributed by atoms with Crippen molar-refractivity contribution < 1.29 is 13.2 Å². The van der Waals surface area contributed by atoms with Crippen LogP contribution in [-0.4, -0.2) is 0 Å². The van der Waals surface area contributed by atoms with Crippen LogP contribution in [0.4, 0.5) is 13.2 Å². The van der Waals surface area contributed by atoms with E-state index in [1.807, 2.05) is 18.2 Å². The summed E-state index contributed by atoms with van der Waals surface area (Å²) in [6, 6.07) is 5.92. The molecule has 0 unspecified atom stereocenters. The summed E-state index contributed by atoms with van der Waals surface area (Å²) in [6.07, 6.45) is 16.7. The SMILES string of the molecule is CCCC1CCC(CCc2ccc3c(c2F)Cc2c(cc(C4CCC(CCC)CC4)c(F)c2F)C3)CC1. The summed E-state index contributed by atoms with van der Waals surface area (Å²) in [5.74, 6) is 0.803. The van der Waals surface area contributed by atoms with E-state index in [1.165, 1.54) is 51.4 Å². The van der Waals surface area contributed by atoms with Crippen LogP contribution in [0, 0.1) is 35.2 Å². The van der Waals surface area contributed by atoms with Gasteiger partial charge >= 0.3 is 0 Å². The average molecular weight is 511 g/mol.